The monoisotopic (exact) mass is 341 g/mol. The van der Waals surface area contributed by atoms with Crippen molar-refractivity contribution in [1.82, 2.24) is 15.5 Å². The Morgan fingerprint density at radius 3 is 2.74 bits per heavy atom. The summed E-state index contributed by atoms with van der Waals surface area (Å²) in [5.74, 6) is -0.316. The zero-order chi connectivity index (χ0) is 15.8. The van der Waals surface area contributed by atoms with Crippen LogP contribution in [0.2, 0.25) is 0 Å². The molecule has 128 valence electrons. The van der Waals surface area contributed by atoms with E-state index in [-0.39, 0.29) is 37.4 Å². The quantitative estimate of drug-likeness (QED) is 0.711. The Balaban J connectivity index is 0.00000264. The van der Waals surface area contributed by atoms with Gasteiger partial charge < -0.3 is 20.3 Å². The first-order chi connectivity index (χ1) is 10.7. The molecule has 2 N–H and O–H groups in total. The summed E-state index contributed by atoms with van der Waals surface area (Å²) >= 11 is 0. The molecule has 1 heterocycles. The first-order valence-electron chi connectivity index (χ1n) is 7.62. The number of hydrogen-bond donors (Lipinski definition) is 2. The predicted molar refractivity (Wildman–Crippen MR) is 90.4 cm³/mol. The van der Waals surface area contributed by atoms with Gasteiger partial charge in [-0.05, 0) is 12.1 Å². The van der Waals surface area contributed by atoms with Crippen LogP contribution in [-0.4, -0.2) is 55.6 Å². The van der Waals surface area contributed by atoms with Crippen molar-refractivity contribution >= 4 is 24.2 Å². The number of rotatable bonds is 7. The minimum atomic E-state index is -0.567. The predicted octanol–water partition coefficient (Wildman–Crippen LogP) is 0.562. The van der Waals surface area contributed by atoms with Crippen LogP contribution in [0.1, 0.15) is 12.5 Å². The SMILES string of the molecule is CCNCCNC(=O)[C@H]1COCC(=O)N1Cc1ccccc1.Cl. The molecule has 0 aliphatic carbocycles. The summed E-state index contributed by atoms with van der Waals surface area (Å²) in [5.41, 5.74) is 1.00. The van der Waals surface area contributed by atoms with E-state index in [0.717, 1.165) is 12.1 Å². The fraction of sp³-hybridized carbons (Fsp3) is 0.500. The van der Waals surface area contributed by atoms with E-state index in [9.17, 15) is 9.59 Å². The molecule has 0 saturated carbocycles. The molecule has 7 heteroatoms. The van der Waals surface area contributed by atoms with Crippen LogP contribution >= 0.6 is 12.4 Å². The summed E-state index contributed by atoms with van der Waals surface area (Å²) in [4.78, 5) is 26.0. The number of carbonyl (C=O) groups is 2. The Labute approximate surface area is 143 Å². The number of hydrogen-bond acceptors (Lipinski definition) is 4. The van der Waals surface area contributed by atoms with Crippen molar-refractivity contribution in [2.75, 3.05) is 32.8 Å². The van der Waals surface area contributed by atoms with Crippen molar-refractivity contribution in [1.29, 1.82) is 0 Å². The molecule has 6 nitrogen and oxygen atoms in total. The zero-order valence-corrected chi connectivity index (χ0v) is 14.1. The van der Waals surface area contributed by atoms with Gasteiger partial charge in [0.15, 0.2) is 0 Å². The molecule has 1 aliphatic heterocycles. The number of nitrogens with zero attached hydrogens (tertiary/aromatic N) is 1. The average molecular weight is 342 g/mol. The van der Waals surface area contributed by atoms with E-state index in [1.54, 1.807) is 4.90 Å². The first-order valence-corrected chi connectivity index (χ1v) is 7.62. The first kappa shape index (κ1) is 19.4. The van der Waals surface area contributed by atoms with Crippen LogP contribution in [0.5, 0.6) is 0 Å². The molecule has 0 bridgehead atoms. The van der Waals surface area contributed by atoms with E-state index >= 15 is 0 Å². The summed E-state index contributed by atoms with van der Waals surface area (Å²) in [6.45, 7) is 4.82. The molecule has 0 aromatic heterocycles. The normalized spacial score (nSPS) is 17.5. The summed E-state index contributed by atoms with van der Waals surface area (Å²) in [6, 6.07) is 9.10. The average Bonchev–Trinajstić information content (AvgIpc) is 2.54. The summed E-state index contributed by atoms with van der Waals surface area (Å²) in [7, 11) is 0. The molecule has 1 atom stereocenters. The van der Waals surface area contributed by atoms with Crippen LogP contribution in [-0.2, 0) is 20.9 Å². The van der Waals surface area contributed by atoms with Crippen molar-refractivity contribution in [2.45, 2.75) is 19.5 Å². The van der Waals surface area contributed by atoms with Crippen molar-refractivity contribution in [2.24, 2.45) is 0 Å². The Kier molecular flexibility index (Phi) is 8.61. The van der Waals surface area contributed by atoms with Crippen LogP contribution < -0.4 is 10.6 Å². The van der Waals surface area contributed by atoms with Gasteiger partial charge in [0.05, 0.1) is 6.61 Å². The third-order valence-electron chi connectivity index (χ3n) is 3.55. The number of ether oxygens (including phenoxy) is 1. The number of morpholine rings is 1. The minimum Gasteiger partial charge on any atom is -0.369 e. The maximum Gasteiger partial charge on any atom is 0.249 e. The molecule has 1 aliphatic rings. The number of amides is 2. The lowest BCUT2D eigenvalue weighted by atomic mass is 10.1. The smallest absolute Gasteiger partial charge is 0.249 e. The molecule has 23 heavy (non-hydrogen) atoms. The lowest BCUT2D eigenvalue weighted by molar-refractivity contribution is -0.155. The van der Waals surface area contributed by atoms with Crippen LogP contribution in [0.25, 0.3) is 0 Å². The highest BCUT2D eigenvalue weighted by Gasteiger charge is 2.33. The van der Waals surface area contributed by atoms with E-state index in [2.05, 4.69) is 10.6 Å². The van der Waals surface area contributed by atoms with E-state index < -0.39 is 6.04 Å². The molecule has 1 fully saturated rings. The lowest BCUT2D eigenvalue weighted by Crippen LogP contribution is -2.56. The highest BCUT2D eigenvalue weighted by molar-refractivity contribution is 5.89. The van der Waals surface area contributed by atoms with Gasteiger partial charge >= 0.3 is 0 Å². The number of carbonyl (C=O) groups excluding carboxylic acids is 2. The van der Waals surface area contributed by atoms with Crippen molar-refractivity contribution < 1.29 is 14.3 Å². The molecular formula is C16H24ClN3O3. The molecule has 1 aromatic carbocycles. The fourth-order valence-electron chi connectivity index (χ4n) is 2.37. The Hall–Kier alpha value is -1.63. The van der Waals surface area contributed by atoms with Gasteiger partial charge in [-0.15, -0.1) is 12.4 Å². The van der Waals surface area contributed by atoms with Crippen LogP contribution in [0, 0.1) is 0 Å². The molecule has 1 saturated heterocycles. The summed E-state index contributed by atoms with van der Waals surface area (Å²) in [5, 5.41) is 5.99. The van der Waals surface area contributed by atoms with Gasteiger partial charge in [-0.3, -0.25) is 9.59 Å². The van der Waals surface area contributed by atoms with E-state index in [0.29, 0.717) is 19.6 Å². The molecule has 1 aromatic rings. The third kappa shape index (κ3) is 5.82. The second kappa shape index (κ2) is 10.2. The topological polar surface area (TPSA) is 70.7 Å². The zero-order valence-electron chi connectivity index (χ0n) is 13.3. The van der Waals surface area contributed by atoms with Gasteiger partial charge in [-0.25, -0.2) is 0 Å². The molecule has 0 spiro atoms. The van der Waals surface area contributed by atoms with E-state index in [4.69, 9.17) is 4.74 Å². The number of benzene rings is 1. The second-order valence-corrected chi connectivity index (χ2v) is 5.18. The molecule has 0 unspecified atom stereocenters. The van der Waals surface area contributed by atoms with Gasteiger partial charge in [0, 0.05) is 19.6 Å². The molecule has 2 rings (SSSR count). The Morgan fingerprint density at radius 2 is 2.04 bits per heavy atom. The molecule has 0 radical (unpaired) electrons. The fourth-order valence-corrected chi connectivity index (χ4v) is 2.37. The summed E-state index contributed by atoms with van der Waals surface area (Å²) < 4.78 is 5.24. The van der Waals surface area contributed by atoms with Crippen LogP contribution in [0.15, 0.2) is 30.3 Å². The van der Waals surface area contributed by atoms with Gasteiger partial charge in [0.1, 0.15) is 12.6 Å². The summed E-state index contributed by atoms with van der Waals surface area (Å²) in [6.07, 6.45) is 0. The highest BCUT2D eigenvalue weighted by Crippen LogP contribution is 2.13. The minimum absolute atomic E-state index is 0. The van der Waals surface area contributed by atoms with Crippen LogP contribution in [0.4, 0.5) is 0 Å². The number of likely N-dealkylation sites (N-methyl/N-ethyl adjacent to an activating group) is 1. The van der Waals surface area contributed by atoms with Gasteiger partial charge in [0.25, 0.3) is 0 Å². The van der Waals surface area contributed by atoms with Crippen molar-refractivity contribution in [3.8, 4) is 0 Å². The number of halogens is 1. The molecular weight excluding hydrogens is 318 g/mol. The maximum absolute atomic E-state index is 12.3. The van der Waals surface area contributed by atoms with E-state index in [1.807, 2.05) is 37.3 Å². The van der Waals surface area contributed by atoms with Gasteiger partial charge in [-0.1, -0.05) is 37.3 Å². The Morgan fingerprint density at radius 1 is 1.30 bits per heavy atom. The van der Waals surface area contributed by atoms with Crippen molar-refractivity contribution in [3.05, 3.63) is 35.9 Å². The van der Waals surface area contributed by atoms with Gasteiger partial charge in [-0.2, -0.15) is 0 Å². The van der Waals surface area contributed by atoms with Crippen LogP contribution in [0.3, 0.4) is 0 Å². The van der Waals surface area contributed by atoms with Crippen molar-refractivity contribution in [3.63, 3.8) is 0 Å². The lowest BCUT2D eigenvalue weighted by Gasteiger charge is -2.34. The molecule has 2 amide bonds. The maximum atomic E-state index is 12.3. The third-order valence-corrected chi connectivity index (χ3v) is 3.55. The standard InChI is InChI=1S/C16H23N3O3.ClH/c1-2-17-8-9-18-16(21)14-11-22-12-15(20)19(14)10-13-6-4-3-5-7-13;/h3-7,14,17H,2,8-12H2,1H3,(H,18,21);1H/t14-;/m1./s1. The van der Waals surface area contributed by atoms with E-state index in [1.165, 1.54) is 0 Å². The van der Waals surface area contributed by atoms with Gasteiger partial charge in [0.2, 0.25) is 11.8 Å². The number of nitrogens with one attached hydrogen (secondary N) is 2. The largest absolute Gasteiger partial charge is 0.369 e. The second-order valence-electron chi connectivity index (χ2n) is 5.18. The Bertz CT molecular complexity index is 499. The highest BCUT2D eigenvalue weighted by atomic mass is 35.5.